The van der Waals surface area contributed by atoms with Crippen LogP contribution in [0.3, 0.4) is 0 Å². The van der Waals surface area contributed by atoms with Gasteiger partial charge in [-0.25, -0.2) is 15.0 Å². The van der Waals surface area contributed by atoms with Crippen LogP contribution in [0.1, 0.15) is 52.8 Å². The van der Waals surface area contributed by atoms with Crippen molar-refractivity contribution in [3.05, 3.63) is 71.8 Å². The molecule has 10 nitrogen and oxygen atoms in total. The number of aliphatic carboxylic acids is 1. The van der Waals surface area contributed by atoms with Crippen LogP contribution in [-0.4, -0.2) is 47.7 Å². The first kappa shape index (κ1) is 25.3. The van der Waals surface area contributed by atoms with Gasteiger partial charge in [0.2, 0.25) is 0 Å². The quantitative estimate of drug-likeness (QED) is 0.206. The van der Waals surface area contributed by atoms with Crippen LogP contribution in [0.25, 0.3) is 0 Å². The Morgan fingerprint density at radius 1 is 0.853 bits per heavy atom. The van der Waals surface area contributed by atoms with Gasteiger partial charge < -0.3 is 14.8 Å². The fourth-order valence-electron chi connectivity index (χ4n) is 3.49. The smallest absolute Gasteiger partial charge is 0.357 e. The van der Waals surface area contributed by atoms with Crippen LogP contribution in [0.4, 0.5) is 0 Å². The van der Waals surface area contributed by atoms with E-state index in [9.17, 15) is 19.5 Å². The highest BCUT2D eigenvalue weighted by Gasteiger charge is 2.34. The van der Waals surface area contributed by atoms with E-state index in [1.54, 1.807) is 48.5 Å². The lowest BCUT2D eigenvalue weighted by molar-refractivity contribution is -0.140. The number of hydrogen-bond acceptors (Lipinski definition) is 9. The first-order chi connectivity index (χ1) is 16.5. The Morgan fingerprint density at radius 3 is 2.00 bits per heavy atom. The summed E-state index contributed by atoms with van der Waals surface area (Å²) in [5.41, 5.74) is 8.89. The second kappa shape index (κ2) is 13.4. The van der Waals surface area contributed by atoms with Crippen LogP contribution in [0.2, 0.25) is 0 Å². The molecule has 0 saturated heterocycles. The van der Waals surface area contributed by atoms with Crippen LogP contribution in [0.5, 0.6) is 0 Å². The number of carbonyl (C=O) groups excluding carboxylic acids is 2. The molecule has 1 saturated carbocycles. The lowest BCUT2D eigenvalue weighted by atomic mass is 9.86. The Hall–Kier alpha value is -3.31. The number of carbonyl (C=O) groups is 3. The van der Waals surface area contributed by atoms with E-state index in [-0.39, 0.29) is 12.1 Å². The molecule has 1 aliphatic carbocycles. The van der Waals surface area contributed by atoms with E-state index in [4.69, 9.17) is 9.68 Å². The molecular formula is C24H30N4O6. The standard InChI is InChI=1S/C24H30N4O6/c29-22(30)21(13-7-8-16-25-33-23(31)17-9-3-1-4-10-17)26-19-14-15-20(19)27-28-34-24(32)18-11-5-2-6-12-18/h1-6,9-12,19-21,25-28H,7-8,13-16H2,(H,29,30). The van der Waals surface area contributed by atoms with E-state index >= 15 is 0 Å². The molecule has 5 N–H and O–H groups in total. The minimum atomic E-state index is -0.919. The molecule has 0 spiro atoms. The first-order valence-electron chi connectivity index (χ1n) is 11.3. The summed E-state index contributed by atoms with van der Waals surface area (Å²) < 4.78 is 0. The summed E-state index contributed by atoms with van der Waals surface area (Å²) in [6.45, 7) is 0.426. The molecule has 1 aliphatic rings. The first-order valence-corrected chi connectivity index (χ1v) is 11.3. The zero-order chi connectivity index (χ0) is 24.2. The molecule has 1 fully saturated rings. The number of hydrogen-bond donors (Lipinski definition) is 5. The van der Waals surface area contributed by atoms with Gasteiger partial charge in [-0.05, 0) is 56.4 Å². The Bertz CT molecular complexity index is 928. The number of carboxylic acid groups (broad SMARTS) is 1. The Morgan fingerprint density at radius 2 is 1.44 bits per heavy atom. The van der Waals surface area contributed by atoms with Gasteiger partial charge in [-0.3, -0.25) is 10.1 Å². The van der Waals surface area contributed by atoms with E-state index in [0.717, 1.165) is 12.8 Å². The van der Waals surface area contributed by atoms with Crippen molar-refractivity contribution in [1.82, 2.24) is 21.8 Å². The number of rotatable bonds is 14. The fourth-order valence-corrected chi connectivity index (χ4v) is 3.49. The van der Waals surface area contributed by atoms with Gasteiger partial charge in [-0.2, -0.15) is 5.48 Å². The molecule has 0 amide bonds. The summed E-state index contributed by atoms with van der Waals surface area (Å²) in [5, 5.41) is 12.7. The third-order valence-corrected chi connectivity index (χ3v) is 5.58. The van der Waals surface area contributed by atoms with Crippen molar-refractivity contribution >= 4 is 17.9 Å². The third kappa shape index (κ3) is 7.92. The summed E-state index contributed by atoms with van der Waals surface area (Å²) in [5.74, 6) is -1.89. The highest BCUT2D eigenvalue weighted by Crippen LogP contribution is 2.21. The van der Waals surface area contributed by atoms with Crippen molar-refractivity contribution in [3.8, 4) is 0 Å². The van der Waals surface area contributed by atoms with Crippen molar-refractivity contribution in [2.75, 3.05) is 6.54 Å². The van der Waals surface area contributed by atoms with Crippen LogP contribution >= 0.6 is 0 Å². The molecule has 3 unspecified atom stereocenters. The van der Waals surface area contributed by atoms with E-state index in [2.05, 4.69) is 21.8 Å². The van der Waals surface area contributed by atoms with Gasteiger partial charge in [0.15, 0.2) is 0 Å². The molecule has 10 heteroatoms. The number of unbranched alkanes of at least 4 members (excludes halogenated alkanes) is 1. The van der Waals surface area contributed by atoms with Crippen molar-refractivity contribution in [1.29, 1.82) is 0 Å². The summed E-state index contributed by atoms with van der Waals surface area (Å²) in [4.78, 5) is 45.4. The monoisotopic (exact) mass is 470 g/mol. The average molecular weight is 471 g/mol. The minimum Gasteiger partial charge on any atom is -0.480 e. The molecule has 0 heterocycles. The maximum absolute atomic E-state index is 11.9. The second-order valence-corrected chi connectivity index (χ2v) is 8.00. The van der Waals surface area contributed by atoms with Gasteiger partial charge in [0.05, 0.1) is 11.1 Å². The third-order valence-electron chi connectivity index (χ3n) is 5.58. The fraction of sp³-hybridized carbons (Fsp3) is 0.375. The van der Waals surface area contributed by atoms with E-state index < -0.39 is 23.9 Å². The summed E-state index contributed by atoms with van der Waals surface area (Å²) in [6.07, 6.45) is 3.35. The number of nitrogens with one attached hydrogen (secondary N) is 4. The molecule has 34 heavy (non-hydrogen) atoms. The van der Waals surface area contributed by atoms with E-state index in [1.807, 2.05) is 12.1 Å². The summed E-state index contributed by atoms with van der Waals surface area (Å²) >= 11 is 0. The predicted molar refractivity (Wildman–Crippen MR) is 123 cm³/mol. The molecule has 3 atom stereocenters. The SMILES string of the molecule is O=C(ONCCCCC(NC1CCC1NNOC(=O)c1ccccc1)C(=O)O)c1ccccc1. The lowest BCUT2D eigenvalue weighted by Gasteiger charge is -2.39. The lowest BCUT2D eigenvalue weighted by Crippen LogP contribution is -2.61. The van der Waals surface area contributed by atoms with Crippen molar-refractivity contribution in [2.24, 2.45) is 0 Å². The van der Waals surface area contributed by atoms with Gasteiger partial charge in [-0.15, -0.1) is 0 Å². The van der Waals surface area contributed by atoms with Gasteiger partial charge in [0.25, 0.3) is 0 Å². The van der Waals surface area contributed by atoms with Gasteiger partial charge in [0.1, 0.15) is 6.04 Å². The Kier molecular flexibility index (Phi) is 9.98. The number of benzene rings is 2. The predicted octanol–water partition coefficient (Wildman–Crippen LogP) is 1.96. The number of hydrazine groups is 1. The molecule has 2 aromatic rings. The largest absolute Gasteiger partial charge is 0.480 e. The van der Waals surface area contributed by atoms with E-state index in [1.165, 1.54) is 0 Å². The van der Waals surface area contributed by atoms with Crippen LogP contribution < -0.4 is 21.8 Å². The van der Waals surface area contributed by atoms with E-state index in [0.29, 0.717) is 36.9 Å². The molecule has 0 bridgehead atoms. The molecule has 3 rings (SSSR count). The second-order valence-electron chi connectivity index (χ2n) is 8.00. The highest BCUT2D eigenvalue weighted by atomic mass is 16.7. The molecule has 2 aromatic carbocycles. The normalized spacial score (nSPS) is 17.9. The molecule has 0 aliphatic heterocycles. The molecule has 0 radical (unpaired) electrons. The van der Waals surface area contributed by atoms with Gasteiger partial charge in [-0.1, -0.05) is 42.0 Å². The molecular weight excluding hydrogens is 440 g/mol. The average Bonchev–Trinajstić information content (AvgIpc) is 2.85. The topological polar surface area (TPSA) is 138 Å². The van der Waals surface area contributed by atoms with Crippen LogP contribution in [0.15, 0.2) is 60.7 Å². The van der Waals surface area contributed by atoms with Crippen LogP contribution in [-0.2, 0) is 14.5 Å². The zero-order valence-corrected chi connectivity index (χ0v) is 18.7. The molecule has 0 aromatic heterocycles. The van der Waals surface area contributed by atoms with Gasteiger partial charge >= 0.3 is 17.9 Å². The van der Waals surface area contributed by atoms with Crippen molar-refractivity contribution < 1.29 is 29.2 Å². The Labute approximate surface area is 197 Å². The maximum atomic E-state index is 11.9. The van der Waals surface area contributed by atoms with Crippen molar-refractivity contribution in [3.63, 3.8) is 0 Å². The van der Waals surface area contributed by atoms with Gasteiger partial charge in [0, 0.05) is 18.6 Å². The number of carboxylic acids is 1. The zero-order valence-electron chi connectivity index (χ0n) is 18.7. The Balaban J connectivity index is 1.29. The van der Waals surface area contributed by atoms with Crippen molar-refractivity contribution in [2.45, 2.75) is 50.2 Å². The summed E-state index contributed by atoms with van der Waals surface area (Å²) in [7, 11) is 0. The maximum Gasteiger partial charge on any atom is 0.357 e. The van der Waals surface area contributed by atoms with Crippen LogP contribution in [0, 0.1) is 0 Å². The summed E-state index contributed by atoms with van der Waals surface area (Å²) in [6, 6.07) is 16.4. The molecule has 182 valence electrons. The minimum absolute atomic E-state index is 0.0611. The highest BCUT2D eigenvalue weighted by molar-refractivity contribution is 5.89. The number of hydroxylamine groups is 1.